The topological polar surface area (TPSA) is 55.4 Å². The number of esters is 1. The van der Waals surface area contributed by atoms with Crippen LogP contribution in [0.15, 0.2) is 42.5 Å². The maximum absolute atomic E-state index is 11.9. The summed E-state index contributed by atoms with van der Waals surface area (Å²) in [6.07, 6.45) is 2.86. The molecule has 0 aliphatic carbocycles. The smallest absolute Gasteiger partial charge is 0.331 e. The van der Waals surface area contributed by atoms with Gasteiger partial charge in [0.1, 0.15) is 0 Å². The normalized spacial score (nSPS) is 10.7. The van der Waals surface area contributed by atoms with E-state index >= 15 is 0 Å². The van der Waals surface area contributed by atoms with E-state index in [4.69, 9.17) is 16.3 Å². The lowest BCUT2D eigenvalue weighted by molar-refractivity contribution is -0.142. The Morgan fingerprint density at radius 2 is 1.88 bits per heavy atom. The van der Waals surface area contributed by atoms with E-state index < -0.39 is 5.97 Å². The molecule has 0 radical (unpaired) electrons. The summed E-state index contributed by atoms with van der Waals surface area (Å²) < 4.78 is 4.95. The van der Waals surface area contributed by atoms with Crippen molar-refractivity contribution < 1.29 is 14.3 Å². The highest BCUT2D eigenvalue weighted by molar-refractivity contribution is 6.31. The van der Waals surface area contributed by atoms with Crippen molar-refractivity contribution >= 4 is 35.2 Å². The zero-order chi connectivity index (χ0) is 18.4. The van der Waals surface area contributed by atoms with Gasteiger partial charge in [-0.2, -0.15) is 0 Å². The maximum atomic E-state index is 11.9. The van der Waals surface area contributed by atoms with Crippen molar-refractivity contribution in [3.63, 3.8) is 0 Å². The monoisotopic (exact) mass is 357 g/mol. The average Bonchev–Trinajstić information content (AvgIpc) is 2.58. The first-order valence-corrected chi connectivity index (χ1v) is 8.21. The summed E-state index contributed by atoms with van der Waals surface area (Å²) in [5.41, 5.74) is 4.52. The zero-order valence-electron chi connectivity index (χ0n) is 14.4. The van der Waals surface area contributed by atoms with Gasteiger partial charge in [0.25, 0.3) is 5.91 Å². The first-order valence-electron chi connectivity index (χ1n) is 7.84. The third-order valence-corrected chi connectivity index (χ3v) is 4.24. The van der Waals surface area contributed by atoms with Gasteiger partial charge in [0.15, 0.2) is 6.61 Å². The van der Waals surface area contributed by atoms with Crippen LogP contribution in [0.2, 0.25) is 5.02 Å². The van der Waals surface area contributed by atoms with Crippen molar-refractivity contribution in [1.82, 2.24) is 0 Å². The molecule has 2 aromatic rings. The fourth-order valence-corrected chi connectivity index (χ4v) is 2.32. The van der Waals surface area contributed by atoms with Gasteiger partial charge in [-0.05, 0) is 61.2 Å². The summed E-state index contributed by atoms with van der Waals surface area (Å²) in [6, 6.07) is 11.1. The van der Waals surface area contributed by atoms with Crippen molar-refractivity contribution in [3.8, 4) is 0 Å². The molecule has 2 rings (SSSR count). The number of halogens is 1. The molecular weight excluding hydrogens is 338 g/mol. The lowest BCUT2D eigenvalue weighted by Gasteiger charge is -2.10. The number of carbonyl (C=O) groups excluding carboxylic acids is 2. The summed E-state index contributed by atoms with van der Waals surface area (Å²) in [4.78, 5) is 23.6. The molecule has 0 saturated carbocycles. The van der Waals surface area contributed by atoms with Crippen molar-refractivity contribution in [2.75, 3.05) is 11.9 Å². The quantitative estimate of drug-likeness (QED) is 0.635. The number of benzene rings is 2. The highest BCUT2D eigenvalue weighted by Crippen LogP contribution is 2.18. The van der Waals surface area contributed by atoms with Crippen LogP contribution in [0, 0.1) is 20.8 Å². The Morgan fingerprint density at radius 3 is 2.60 bits per heavy atom. The minimum Gasteiger partial charge on any atom is -0.452 e. The Labute approximate surface area is 152 Å². The van der Waals surface area contributed by atoms with Crippen molar-refractivity contribution in [3.05, 3.63) is 69.8 Å². The van der Waals surface area contributed by atoms with Gasteiger partial charge < -0.3 is 10.1 Å². The number of nitrogens with one attached hydrogen (secondary N) is 1. The summed E-state index contributed by atoms with van der Waals surface area (Å²) in [5.74, 6) is -0.971. The number of aryl methyl sites for hydroxylation is 2. The molecule has 2 aromatic carbocycles. The van der Waals surface area contributed by atoms with Crippen LogP contribution in [0.1, 0.15) is 22.3 Å². The third-order valence-electron chi connectivity index (χ3n) is 3.83. The van der Waals surface area contributed by atoms with E-state index in [9.17, 15) is 9.59 Å². The summed E-state index contributed by atoms with van der Waals surface area (Å²) in [5, 5.41) is 3.36. The van der Waals surface area contributed by atoms with Crippen LogP contribution in [0.4, 0.5) is 5.69 Å². The first kappa shape index (κ1) is 18.7. The molecule has 0 atom stereocenters. The van der Waals surface area contributed by atoms with Crippen LogP contribution in [0.25, 0.3) is 6.08 Å². The largest absolute Gasteiger partial charge is 0.452 e. The average molecular weight is 358 g/mol. The standard InChI is InChI=1S/C20H20ClNO3/c1-13-5-4-6-18(15(13)3)22-19(23)12-25-20(24)10-9-16-8-7-14(2)17(21)11-16/h4-11H,12H2,1-3H3,(H,22,23)/b10-9+. The van der Waals surface area contributed by atoms with Gasteiger partial charge in [-0.1, -0.05) is 35.9 Å². The molecule has 0 unspecified atom stereocenters. The molecule has 0 aliphatic rings. The van der Waals surface area contributed by atoms with Crippen molar-refractivity contribution in [1.29, 1.82) is 0 Å². The molecule has 0 aliphatic heterocycles. The Bertz CT molecular complexity index is 828. The van der Waals surface area contributed by atoms with Gasteiger partial charge in [0, 0.05) is 16.8 Å². The molecule has 130 valence electrons. The van der Waals surface area contributed by atoms with E-state index in [2.05, 4.69) is 5.32 Å². The van der Waals surface area contributed by atoms with Crippen LogP contribution < -0.4 is 5.32 Å². The molecule has 0 fully saturated rings. The first-order chi connectivity index (χ1) is 11.9. The minimum atomic E-state index is -0.590. The fourth-order valence-electron chi connectivity index (χ4n) is 2.13. The molecule has 5 heteroatoms. The van der Waals surface area contributed by atoms with Crippen LogP contribution in [-0.4, -0.2) is 18.5 Å². The minimum absolute atomic E-state index is 0.342. The van der Waals surface area contributed by atoms with Crippen molar-refractivity contribution in [2.24, 2.45) is 0 Å². The molecule has 1 amide bonds. The molecule has 0 heterocycles. The zero-order valence-corrected chi connectivity index (χ0v) is 15.2. The lowest BCUT2D eigenvalue weighted by atomic mass is 10.1. The molecule has 0 bridgehead atoms. The highest BCUT2D eigenvalue weighted by Gasteiger charge is 2.08. The molecule has 25 heavy (non-hydrogen) atoms. The number of ether oxygens (including phenoxy) is 1. The van der Waals surface area contributed by atoms with E-state index in [0.29, 0.717) is 10.7 Å². The van der Waals surface area contributed by atoms with Crippen molar-refractivity contribution in [2.45, 2.75) is 20.8 Å². The fraction of sp³-hybridized carbons (Fsp3) is 0.200. The highest BCUT2D eigenvalue weighted by atomic mass is 35.5. The van der Waals surface area contributed by atoms with E-state index in [1.807, 2.05) is 51.1 Å². The number of rotatable bonds is 5. The van der Waals surface area contributed by atoms with E-state index in [0.717, 1.165) is 22.3 Å². The van der Waals surface area contributed by atoms with E-state index in [1.54, 1.807) is 12.1 Å². The maximum Gasteiger partial charge on any atom is 0.331 e. The second-order valence-corrected chi connectivity index (χ2v) is 6.15. The number of amides is 1. The van der Waals surface area contributed by atoms with Crippen LogP contribution >= 0.6 is 11.6 Å². The molecule has 4 nitrogen and oxygen atoms in total. The molecular formula is C20H20ClNO3. The Balaban J connectivity index is 1.86. The van der Waals surface area contributed by atoms with Gasteiger partial charge in [0.05, 0.1) is 0 Å². The predicted octanol–water partition coefficient (Wildman–Crippen LogP) is 4.46. The predicted molar refractivity (Wildman–Crippen MR) is 101 cm³/mol. The van der Waals surface area contributed by atoms with Gasteiger partial charge in [-0.25, -0.2) is 4.79 Å². The van der Waals surface area contributed by atoms with Gasteiger partial charge in [-0.15, -0.1) is 0 Å². The van der Waals surface area contributed by atoms with E-state index in [1.165, 1.54) is 6.08 Å². The second-order valence-electron chi connectivity index (χ2n) is 5.75. The summed E-state index contributed by atoms with van der Waals surface area (Å²) in [7, 11) is 0. The van der Waals surface area contributed by atoms with Crippen LogP contribution in [0.3, 0.4) is 0 Å². The number of anilines is 1. The SMILES string of the molecule is Cc1ccc(/C=C/C(=O)OCC(=O)Nc2cccc(C)c2C)cc1Cl. The van der Waals surface area contributed by atoms with Crippen LogP contribution in [-0.2, 0) is 14.3 Å². The van der Waals surface area contributed by atoms with E-state index in [-0.39, 0.29) is 12.5 Å². The van der Waals surface area contributed by atoms with Crippen LogP contribution in [0.5, 0.6) is 0 Å². The Hall–Kier alpha value is -2.59. The molecule has 0 spiro atoms. The Kier molecular flexibility index (Phi) is 6.37. The number of carbonyl (C=O) groups is 2. The molecule has 0 saturated heterocycles. The molecule has 1 N–H and O–H groups in total. The summed E-state index contributed by atoms with van der Waals surface area (Å²) >= 11 is 6.03. The number of hydrogen-bond donors (Lipinski definition) is 1. The second kappa shape index (κ2) is 8.49. The van der Waals surface area contributed by atoms with Gasteiger partial charge in [-0.3, -0.25) is 4.79 Å². The van der Waals surface area contributed by atoms with Gasteiger partial charge >= 0.3 is 5.97 Å². The summed E-state index contributed by atoms with van der Waals surface area (Å²) in [6.45, 7) is 5.45. The molecule has 0 aromatic heterocycles. The lowest BCUT2D eigenvalue weighted by Crippen LogP contribution is -2.20. The van der Waals surface area contributed by atoms with Gasteiger partial charge in [0.2, 0.25) is 0 Å². The third kappa shape index (κ3) is 5.47. The Morgan fingerprint density at radius 1 is 1.12 bits per heavy atom. The number of hydrogen-bond acceptors (Lipinski definition) is 3.